The molecule has 1 amide bonds. The molecule has 0 bridgehead atoms. The molecule has 120 valence electrons. The van der Waals surface area contributed by atoms with E-state index in [0.717, 1.165) is 11.8 Å². The van der Waals surface area contributed by atoms with Crippen molar-refractivity contribution in [3.8, 4) is 5.75 Å². The number of carboxylic acids is 1. The van der Waals surface area contributed by atoms with Crippen LogP contribution in [-0.4, -0.2) is 35.1 Å². The third-order valence-electron chi connectivity index (χ3n) is 3.37. The highest BCUT2D eigenvalue weighted by molar-refractivity contribution is 8.00. The molecule has 2 N–H and O–H groups in total. The smallest absolute Gasteiger partial charge is 0.313 e. The lowest BCUT2D eigenvalue weighted by atomic mass is 9.86. The van der Waals surface area contributed by atoms with Gasteiger partial charge in [0.25, 0.3) is 0 Å². The Hall–Kier alpha value is -1.40. The Morgan fingerprint density at radius 1 is 1.36 bits per heavy atom. The molecular weight excluding hydrogens is 326 g/mol. The fraction of sp³-hybridized carbons (Fsp3) is 0.467. The molecule has 22 heavy (non-hydrogen) atoms. The van der Waals surface area contributed by atoms with E-state index in [1.165, 1.54) is 19.3 Å². The minimum Gasteiger partial charge on any atom is -0.491 e. The molecule has 0 saturated heterocycles. The van der Waals surface area contributed by atoms with Crippen LogP contribution >= 0.6 is 23.4 Å². The molecule has 1 fully saturated rings. The summed E-state index contributed by atoms with van der Waals surface area (Å²) in [6.45, 7) is 0.637. The van der Waals surface area contributed by atoms with Crippen LogP contribution < -0.4 is 10.1 Å². The van der Waals surface area contributed by atoms with E-state index in [-0.39, 0.29) is 17.4 Å². The molecule has 7 heteroatoms. The topological polar surface area (TPSA) is 75.6 Å². The Kier molecular flexibility index (Phi) is 6.39. The number of carboxylic acid groups (broad SMARTS) is 1. The van der Waals surface area contributed by atoms with Gasteiger partial charge in [0.15, 0.2) is 0 Å². The zero-order valence-corrected chi connectivity index (χ0v) is 13.6. The second kappa shape index (κ2) is 8.29. The minimum absolute atomic E-state index is 0.0703. The Balaban J connectivity index is 1.90. The Bertz CT molecular complexity index is 548. The molecule has 0 aliphatic heterocycles. The zero-order chi connectivity index (χ0) is 15.9. The number of benzene rings is 1. The molecule has 1 aliphatic rings. The van der Waals surface area contributed by atoms with E-state index in [0.29, 0.717) is 29.0 Å². The number of ether oxygens (including phenoxy) is 1. The summed E-state index contributed by atoms with van der Waals surface area (Å²) in [6.07, 6.45) is 3.61. The fourth-order valence-electron chi connectivity index (χ4n) is 2.01. The fourth-order valence-corrected chi connectivity index (χ4v) is 2.72. The van der Waals surface area contributed by atoms with Crippen LogP contribution in [0.25, 0.3) is 0 Å². The van der Waals surface area contributed by atoms with Gasteiger partial charge in [0.2, 0.25) is 5.91 Å². The molecule has 1 aromatic rings. The van der Waals surface area contributed by atoms with Crippen molar-refractivity contribution in [2.75, 3.05) is 23.4 Å². The predicted molar refractivity (Wildman–Crippen MR) is 87.9 cm³/mol. The third-order valence-corrected chi connectivity index (χ3v) is 4.53. The van der Waals surface area contributed by atoms with E-state index in [1.54, 1.807) is 18.2 Å². The number of hydrogen-bond donors (Lipinski definition) is 2. The lowest BCUT2D eigenvalue weighted by molar-refractivity contribution is -0.133. The standard InChI is InChI=1S/C15H18ClNO4S/c16-11-4-5-13(21-7-10-2-1-3-10)12(6-11)17-14(18)8-22-9-15(19)20/h4-6,10H,1-3,7-9H2,(H,17,18)(H,19,20). The molecule has 0 radical (unpaired) electrons. The first kappa shape index (κ1) is 17.0. The third kappa shape index (κ3) is 5.42. The van der Waals surface area contributed by atoms with Crippen LogP contribution in [-0.2, 0) is 9.59 Å². The van der Waals surface area contributed by atoms with Crippen LogP contribution in [0.3, 0.4) is 0 Å². The highest BCUT2D eigenvalue weighted by Gasteiger charge is 2.19. The number of halogens is 1. The molecule has 1 aromatic carbocycles. The van der Waals surface area contributed by atoms with Crippen LogP contribution in [0.5, 0.6) is 5.75 Å². The van der Waals surface area contributed by atoms with E-state index in [4.69, 9.17) is 21.4 Å². The molecule has 0 aromatic heterocycles. The maximum atomic E-state index is 11.8. The summed E-state index contributed by atoms with van der Waals surface area (Å²) in [7, 11) is 0. The van der Waals surface area contributed by atoms with Crippen molar-refractivity contribution >= 4 is 40.9 Å². The van der Waals surface area contributed by atoms with Gasteiger partial charge in [0.05, 0.1) is 23.8 Å². The van der Waals surface area contributed by atoms with Crippen molar-refractivity contribution in [1.82, 2.24) is 0 Å². The first-order valence-corrected chi connectivity index (χ1v) is 8.59. The van der Waals surface area contributed by atoms with Gasteiger partial charge in [-0.25, -0.2) is 0 Å². The number of carbonyl (C=O) groups is 2. The van der Waals surface area contributed by atoms with E-state index in [9.17, 15) is 9.59 Å². The summed E-state index contributed by atoms with van der Waals surface area (Å²) in [5.74, 6) is -0.0696. The van der Waals surface area contributed by atoms with Crippen molar-refractivity contribution in [2.45, 2.75) is 19.3 Å². The van der Waals surface area contributed by atoms with Gasteiger partial charge in [-0.05, 0) is 37.0 Å². The van der Waals surface area contributed by atoms with E-state index in [1.807, 2.05) is 0 Å². The number of carbonyl (C=O) groups excluding carboxylic acids is 1. The molecule has 1 saturated carbocycles. The maximum absolute atomic E-state index is 11.8. The van der Waals surface area contributed by atoms with Gasteiger partial charge in [-0.3, -0.25) is 9.59 Å². The number of nitrogens with one attached hydrogen (secondary N) is 1. The molecule has 0 heterocycles. The SMILES string of the molecule is O=C(O)CSCC(=O)Nc1cc(Cl)ccc1OCC1CCC1. The number of rotatable bonds is 8. The van der Waals surface area contributed by atoms with Crippen LogP contribution in [0, 0.1) is 5.92 Å². The lowest BCUT2D eigenvalue weighted by Crippen LogP contribution is -2.20. The van der Waals surface area contributed by atoms with Crippen LogP contribution in [0.4, 0.5) is 5.69 Å². The summed E-state index contributed by atoms with van der Waals surface area (Å²) >= 11 is 7.00. The number of thioether (sulfide) groups is 1. The number of amides is 1. The first-order chi connectivity index (χ1) is 10.5. The quantitative estimate of drug-likeness (QED) is 0.757. The normalized spacial score (nSPS) is 14.2. The number of aliphatic carboxylic acids is 1. The molecule has 5 nitrogen and oxygen atoms in total. The Morgan fingerprint density at radius 2 is 2.14 bits per heavy atom. The average Bonchev–Trinajstić information content (AvgIpc) is 2.38. The highest BCUT2D eigenvalue weighted by Crippen LogP contribution is 2.31. The summed E-state index contributed by atoms with van der Waals surface area (Å²) < 4.78 is 5.77. The second-order valence-electron chi connectivity index (χ2n) is 5.18. The van der Waals surface area contributed by atoms with Gasteiger partial charge in [0, 0.05) is 5.02 Å². The predicted octanol–water partition coefficient (Wildman–Crippen LogP) is 3.28. The van der Waals surface area contributed by atoms with Gasteiger partial charge in [0.1, 0.15) is 5.75 Å². The van der Waals surface area contributed by atoms with Crippen molar-refractivity contribution < 1.29 is 19.4 Å². The van der Waals surface area contributed by atoms with Gasteiger partial charge < -0.3 is 15.2 Å². The second-order valence-corrected chi connectivity index (χ2v) is 6.61. The number of anilines is 1. The summed E-state index contributed by atoms with van der Waals surface area (Å²) in [5.41, 5.74) is 0.521. The Labute approximate surface area is 138 Å². The van der Waals surface area contributed by atoms with E-state index in [2.05, 4.69) is 5.32 Å². The van der Waals surface area contributed by atoms with Crippen LogP contribution in [0.1, 0.15) is 19.3 Å². The minimum atomic E-state index is -0.940. The molecule has 1 aliphatic carbocycles. The first-order valence-electron chi connectivity index (χ1n) is 7.06. The maximum Gasteiger partial charge on any atom is 0.313 e. The molecule has 2 rings (SSSR count). The van der Waals surface area contributed by atoms with Crippen molar-refractivity contribution in [1.29, 1.82) is 0 Å². The van der Waals surface area contributed by atoms with Gasteiger partial charge >= 0.3 is 5.97 Å². The molecular formula is C15H18ClNO4S. The lowest BCUT2D eigenvalue weighted by Gasteiger charge is -2.25. The zero-order valence-electron chi connectivity index (χ0n) is 12.0. The largest absolute Gasteiger partial charge is 0.491 e. The highest BCUT2D eigenvalue weighted by atomic mass is 35.5. The van der Waals surface area contributed by atoms with Crippen molar-refractivity contribution in [2.24, 2.45) is 5.92 Å². The molecule has 0 spiro atoms. The summed E-state index contributed by atoms with van der Waals surface area (Å²) in [6, 6.07) is 5.09. The summed E-state index contributed by atoms with van der Waals surface area (Å²) in [5, 5.41) is 11.8. The van der Waals surface area contributed by atoms with Crippen molar-refractivity contribution in [3.63, 3.8) is 0 Å². The van der Waals surface area contributed by atoms with Gasteiger partial charge in [-0.1, -0.05) is 18.0 Å². The van der Waals surface area contributed by atoms with E-state index < -0.39 is 5.97 Å². The van der Waals surface area contributed by atoms with Crippen molar-refractivity contribution in [3.05, 3.63) is 23.2 Å². The van der Waals surface area contributed by atoms with Gasteiger partial charge in [-0.15, -0.1) is 11.8 Å². The monoisotopic (exact) mass is 343 g/mol. The van der Waals surface area contributed by atoms with Crippen LogP contribution in [0.2, 0.25) is 5.02 Å². The van der Waals surface area contributed by atoms with Crippen LogP contribution in [0.15, 0.2) is 18.2 Å². The molecule has 0 unspecified atom stereocenters. The van der Waals surface area contributed by atoms with Gasteiger partial charge in [-0.2, -0.15) is 0 Å². The van der Waals surface area contributed by atoms with E-state index >= 15 is 0 Å². The molecule has 0 atom stereocenters. The average molecular weight is 344 g/mol. The summed E-state index contributed by atoms with van der Waals surface area (Å²) in [4.78, 5) is 22.3. The number of hydrogen-bond acceptors (Lipinski definition) is 4. The Morgan fingerprint density at radius 3 is 2.77 bits per heavy atom.